The number of rotatable bonds is 5. The molecular weight excluding hydrogens is 324 g/mol. The van der Waals surface area contributed by atoms with Crippen LogP contribution in [0, 0.1) is 11.3 Å². The lowest BCUT2D eigenvalue weighted by atomic mass is 9.93. The zero-order valence-electron chi connectivity index (χ0n) is 15.1. The fourth-order valence-electron chi connectivity index (χ4n) is 3.50. The van der Waals surface area contributed by atoms with Crippen LogP contribution < -0.4 is 4.90 Å². The molecule has 1 aliphatic rings. The van der Waals surface area contributed by atoms with Gasteiger partial charge in [-0.05, 0) is 24.1 Å². The molecule has 1 aromatic heterocycles. The summed E-state index contributed by atoms with van der Waals surface area (Å²) in [5, 5.41) is 9.27. The second-order valence-electron chi connectivity index (χ2n) is 6.55. The highest BCUT2D eigenvalue weighted by molar-refractivity contribution is 5.84. The second kappa shape index (κ2) is 8.48. The average molecular weight is 348 g/mol. The van der Waals surface area contributed by atoms with Gasteiger partial charge in [-0.15, -0.1) is 0 Å². The van der Waals surface area contributed by atoms with Crippen molar-refractivity contribution in [1.82, 2.24) is 9.88 Å². The zero-order chi connectivity index (χ0) is 18.4. The largest absolute Gasteiger partial charge is 0.352 e. The van der Waals surface area contributed by atoms with E-state index in [0.29, 0.717) is 31.7 Å². The van der Waals surface area contributed by atoms with Crippen LogP contribution in [0.25, 0.3) is 0 Å². The Kier molecular flexibility index (Phi) is 5.85. The van der Waals surface area contributed by atoms with Crippen molar-refractivity contribution < 1.29 is 4.79 Å². The van der Waals surface area contributed by atoms with Crippen LogP contribution in [-0.2, 0) is 4.79 Å². The van der Waals surface area contributed by atoms with Gasteiger partial charge in [0, 0.05) is 32.4 Å². The van der Waals surface area contributed by atoms with E-state index in [9.17, 15) is 10.1 Å². The molecule has 1 atom stereocenters. The molecular formula is C21H24N4O. The Morgan fingerprint density at radius 3 is 2.54 bits per heavy atom. The molecule has 0 radical (unpaired) electrons. The summed E-state index contributed by atoms with van der Waals surface area (Å²) in [6.07, 6.45) is 3.55. The quantitative estimate of drug-likeness (QED) is 0.833. The molecule has 1 aliphatic heterocycles. The summed E-state index contributed by atoms with van der Waals surface area (Å²) in [6, 6.07) is 15.8. The fourth-order valence-corrected chi connectivity index (χ4v) is 3.50. The number of aromatic nitrogens is 1. The van der Waals surface area contributed by atoms with Crippen molar-refractivity contribution in [2.75, 3.05) is 31.1 Å². The predicted molar refractivity (Wildman–Crippen MR) is 102 cm³/mol. The van der Waals surface area contributed by atoms with Gasteiger partial charge >= 0.3 is 0 Å². The molecule has 1 saturated heterocycles. The van der Waals surface area contributed by atoms with E-state index >= 15 is 0 Å². The van der Waals surface area contributed by atoms with Crippen molar-refractivity contribution in [1.29, 1.82) is 5.26 Å². The molecule has 2 heterocycles. The van der Waals surface area contributed by atoms with E-state index in [1.807, 2.05) is 35.2 Å². The Morgan fingerprint density at radius 1 is 1.15 bits per heavy atom. The molecule has 5 nitrogen and oxygen atoms in total. The number of anilines is 1. The Labute approximate surface area is 154 Å². The summed E-state index contributed by atoms with van der Waals surface area (Å²) < 4.78 is 0. The number of piperazine rings is 1. The number of hydrogen-bond acceptors (Lipinski definition) is 4. The molecule has 0 N–H and O–H groups in total. The average Bonchev–Trinajstić information content (AvgIpc) is 2.72. The number of hydrogen-bond donors (Lipinski definition) is 0. The van der Waals surface area contributed by atoms with Crippen LogP contribution in [0.15, 0.2) is 48.7 Å². The minimum Gasteiger partial charge on any atom is -0.352 e. The molecule has 2 aromatic rings. The van der Waals surface area contributed by atoms with Crippen molar-refractivity contribution in [2.45, 2.75) is 25.7 Å². The molecule has 0 saturated carbocycles. The van der Waals surface area contributed by atoms with E-state index in [1.54, 1.807) is 18.3 Å². The molecule has 0 aliphatic carbocycles. The van der Waals surface area contributed by atoms with Gasteiger partial charge in [0.15, 0.2) is 0 Å². The van der Waals surface area contributed by atoms with Gasteiger partial charge in [0.2, 0.25) is 5.91 Å². The van der Waals surface area contributed by atoms with Gasteiger partial charge in [-0.25, -0.2) is 4.98 Å². The molecule has 0 spiro atoms. The molecule has 1 amide bonds. The molecule has 1 aromatic carbocycles. The Bertz CT molecular complexity index is 776. The highest BCUT2D eigenvalue weighted by atomic mass is 16.2. The Morgan fingerprint density at radius 2 is 1.88 bits per heavy atom. The summed E-state index contributed by atoms with van der Waals surface area (Å²) in [5.74, 6) is 0.853. The standard InChI is InChI=1S/C21H24N4O/c1-2-7-19(17-8-4-3-5-9-17)21(26)25-14-12-24(13-15-25)20-18(16-22)10-6-11-23-20/h3-6,8-11,19H,2,7,12-15H2,1H3. The number of amides is 1. The Hall–Kier alpha value is -2.87. The van der Waals surface area contributed by atoms with Crippen LogP contribution in [0.4, 0.5) is 5.82 Å². The summed E-state index contributed by atoms with van der Waals surface area (Å²) in [7, 11) is 0. The molecule has 3 rings (SSSR count). The minimum atomic E-state index is -0.0720. The van der Waals surface area contributed by atoms with E-state index in [4.69, 9.17) is 0 Å². The number of benzene rings is 1. The van der Waals surface area contributed by atoms with Gasteiger partial charge in [-0.1, -0.05) is 43.7 Å². The van der Waals surface area contributed by atoms with Crippen molar-refractivity contribution in [3.63, 3.8) is 0 Å². The van der Waals surface area contributed by atoms with Crippen molar-refractivity contribution in [3.05, 3.63) is 59.8 Å². The topological polar surface area (TPSA) is 60.2 Å². The first-order valence-corrected chi connectivity index (χ1v) is 9.18. The maximum absolute atomic E-state index is 13.1. The van der Waals surface area contributed by atoms with Crippen LogP contribution in [0.2, 0.25) is 0 Å². The lowest BCUT2D eigenvalue weighted by molar-refractivity contribution is -0.133. The third-order valence-electron chi connectivity index (χ3n) is 4.88. The number of pyridine rings is 1. The number of nitriles is 1. The van der Waals surface area contributed by atoms with E-state index in [-0.39, 0.29) is 11.8 Å². The van der Waals surface area contributed by atoms with Crippen LogP contribution in [0.3, 0.4) is 0 Å². The van der Waals surface area contributed by atoms with Crippen LogP contribution in [0.1, 0.15) is 36.8 Å². The molecule has 1 fully saturated rings. The van der Waals surface area contributed by atoms with Crippen molar-refractivity contribution >= 4 is 11.7 Å². The Balaban J connectivity index is 1.69. The molecule has 26 heavy (non-hydrogen) atoms. The maximum Gasteiger partial charge on any atom is 0.230 e. The second-order valence-corrected chi connectivity index (χ2v) is 6.55. The van der Waals surface area contributed by atoms with Crippen molar-refractivity contribution in [2.24, 2.45) is 0 Å². The molecule has 5 heteroatoms. The predicted octanol–water partition coefficient (Wildman–Crippen LogP) is 3.19. The van der Waals surface area contributed by atoms with Crippen LogP contribution in [-0.4, -0.2) is 42.0 Å². The van der Waals surface area contributed by atoms with E-state index in [1.165, 1.54) is 0 Å². The first-order valence-electron chi connectivity index (χ1n) is 9.18. The fraction of sp³-hybridized carbons (Fsp3) is 0.381. The van der Waals surface area contributed by atoms with Gasteiger partial charge in [0.1, 0.15) is 11.9 Å². The minimum absolute atomic E-state index is 0.0720. The van der Waals surface area contributed by atoms with Crippen molar-refractivity contribution in [3.8, 4) is 6.07 Å². The lowest BCUT2D eigenvalue weighted by Crippen LogP contribution is -2.50. The van der Waals surface area contributed by atoms with E-state index in [0.717, 1.165) is 24.2 Å². The highest BCUT2D eigenvalue weighted by Gasteiger charge is 2.28. The van der Waals surface area contributed by atoms with Gasteiger partial charge in [0.25, 0.3) is 0 Å². The summed E-state index contributed by atoms with van der Waals surface area (Å²) in [4.78, 5) is 21.5. The lowest BCUT2D eigenvalue weighted by Gasteiger charge is -2.37. The third-order valence-corrected chi connectivity index (χ3v) is 4.88. The number of carbonyl (C=O) groups excluding carboxylic acids is 1. The molecule has 0 bridgehead atoms. The van der Waals surface area contributed by atoms with Crippen LogP contribution >= 0.6 is 0 Å². The third kappa shape index (κ3) is 3.85. The van der Waals surface area contributed by atoms with Gasteiger partial charge < -0.3 is 9.80 Å². The first-order chi connectivity index (χ1) is 12.7. The van der Waals surface area contributed by atoms with E-state index < -0.39 is 0 Å². The molecule has 1 unspecified atom stereocenters. The van der Waals surface area contributed by atoms with Gasteiger partial charge in [-0.3, -0.25) is 4.79 Å². The monoisotopic (exact) mass is 348 g/mol. The maximum atomic E-state index is 13.1. The number of carbonyl (C=O) groups is 1. The van der Waals surface area contributed by atoms with Gasteiger partial charge in [-0.2, -0.15) is 5.26 Å². The zero-order valence-corrected chi connectivity index (χ0v) is 15.1. The smallest absolute Gasteiger partial charge is 0.230 e. The van der Waals surface area contributed by atoms with Crippen LogP contribution in [0.5, 0.6) is 0 Å². The summed E-state index contributed by atoms with van der Waals surface area (Å²) >= 11 is 0. The highest BCUT2D eigenvalue weighted by Crippen LogP contribution is 2.25. The summed E-state index contributed by atoms with van der Waals surface area (Å²) in [6.45, 7) is 4.84. The SMILES string of the molecule is CCCC(C(=O)N1CCN(c2ncccc2C#N)CC1)c1ccccc1. The van der Waals surface area contributed by atoms with E-state index in [2.05, 4.69) is 22.9 Å². The summed E-state index contributed by atoms with van der Waals surface area (Å²) in [5.41, 5.74) is 1.68. The molecule has 134 valence electrons. The normalized spacial score (nSPS) is 15.4. The van der Waals surface area contributed by atoms with Gasteiger partial charge in [0.05, 0.1) is 11.5 Å². The first kappa shape index (κ1) is 17.9. The number of nitrogens with zero attached hydrogens (tertiary/aromatic N) is 4.